The van der Waals surface area contributed by atoms with Crippen LogP contribution in [0.15, 0.2) is 24.3 Å². The van der Waals surface area contributed by atoms with Gasteiger partial charge in [-0.3, -0.25) is 4.79 Å². The number of carboxylic acids is 1. The highest BCUT2D eigenvalue weighted by Crippen LogP contribution is 2.35. The Morgan fingerprint density at radius 2 is 2.05 bits per heavy atom. The van der Waals surface area contributed by atoms with Crippen molar-refractivity contribution in [3.8, 4) is 0 Å². The monoisotopic (exact) mass is 257 g/mol. The lowest BCUT2D eigenvalue weighted by atomic mass is 9.95. The fraction of sp³-hybridized carbons (Fsp3) is 0.333. The van der Waals surface area contributed by atoms with E-state index in [0.29, 0.717) is 18.4 Å². The Kier molecular flexibility index (Phi) is 2.66. The van der Waals surface area contributed by atoms with Gasteiger partial charge in [0, 0.05) is 5.56 Å². The molecular weight excluding hydrogens is 242 g/mol. The Hall–Kier alpha value is -2.10. The van der Waals surface area contributed by atoms with Crippen molar-refractivity contribution in [2.45, 2.75) is 31.2 Å². The highest BCUT2D eigenvalue weighted by atomic mass is 16.4. The second-order valence-corrected chi connectivity index (χ2v) is 5.20. The van der Waals surface area contributed by atoms with Crippen molar-refractivity contribution >= 4 is 18.0 Å². The molecule has 1 amide bonds. The van der Waals surface area contributed by atoms with Crippen molar-refractivity contribution in [2.75, 3.05) is 0 Å². The largest absolute Gasteiger partial charge is 0.480 e. The maximum atomic E-state index is 12.1. The van der Waals surface area contributed by atoms with E-state index in [1.807, 2.05) is 12.1 Å². The van der Waals surface area contributed by atoms with Crippen LogP contribution in [0, 0.1) is 0 Å². The van der Waals surface area contributed by atoms with Crippen molar-refractivity contribution in [3.05, 3.63) is 41.0 Å². The third-order valence-corrected chi connectivity index (χ3v) is 3.80. The Morgan fingerprint density at radius 3 is 2.74 bits per heavy atom. The van der Waals surface area contributed by atoms with E-state index >= 15 is 0 Å². The summed E-state index contributed by atoms with van der Waals surface area (Å²) in [6.45, 7) is 0. The summed E-state index contributed by atoms with van der Waals surface area (Å²) in [6, 6.07) is 5.54. The first-order chi connectivity index (χ1) is 9.11. The zero-order valence-corrected chi connectivity index (χ0v) is 10.5. The summed E-state index contributed by atoms with van der Waals surface area (Å²) >= 11 is 0. The number of hydrogen-bond donors (Lipinski definition) is 2. The molecule has 2 aliphatic carbocycles. The van der Waals surface area contributed by atoms with Gasteiger partial charge in [0.1, 0.15) is 5.54 Å². The average Bonchev–Trinajstić information content (AvgIpc) is 3.19. The molecule has 2 aliphatic rings. The minimum atomic E-state index is -1.02. The van der Waals surface area contributed by atoms with Crippen LogP contribution in [0.4, 0.5) is 0 Å². The van der Waals surface area contributed by atoms with Gasteiger partial charge in [-0.15, -0.1) is 0 Å². The van der Waals surface area contributed by atoms with E-state index in [4.69, 9.17) is 5.11 Å². The van der Waals surface area contributed by atoms with E-state index in [0.717, 1.165) is 24.0 Å². The number of aliphatic carboxylic acids is 1. The molecule has 1 saturated carbocycles. The van der Waals surface area contributed by atoms with Crippen LogP contribution < -0.4 is 5.32 Å². The molecule has 0 spiro atoms. The molecule has 1 fully saturated rings. The first kappa shape index (κ1) is 12.0. The van der Waals surface area contributed by atoms with Crippen LogP contribution in [0.3, 0.4) is 0 Å². The van der Waals surface area contributed by atoms with Gasteiger partial charge in [-0.2, -0.15) is 0 Å². The van der Waals surface area contributed by atoms with Gasteiger partial charge in [0.25, 0.3) is 5.91 Å². The molecule has 0 radical (unpaired) electrons. The zero-order chi connectivity index (χ0) is 13.5. The average molecular weight is 257 g/mol. The molecular formula is C15H15NO3. The van der Waals surface area contributed by atoms with E-state index in [-0.39, 0.29) is 5.91 Å². The number of benzene rings is 1. The quantitative estimate of drug-likeness (QED) is 0.870. The van der Waals surface area contributed by atoms with Crippen LogP contribution in [-0.4, -0.2) is 22.5 Å². The van der Waals surface area contributed by atoms with Gasteiger partial charge in [0.05, 0.1) is 0 Å². The summed E-state index contributed by atoms with van der Waals surface area (Å²) in [6.07, 6.45) is 7.11. The normalized spacial score (nSPS) is 18.5. The van der Waals surface area contributed by atoms with Gasteiger partial charge in [0.15, 0.2) is 0 Å². The van der Waals surface area contributed by atoms with Gasteiger partial charge in [0.2, 0.25) is 0 Å². The predicted molar refractivity (Wildman–Crippen MR) is 70.9 cm³/mol. The number of allylic oxidation sites excluding steroid dienone is 1. The summed E-state index contributed by atoms with van der Waals surface area (Å²) in [5, 5.41) is 11.7. The van der Waals surface area contributed by atoms with Crippen LogP contribution >= 0.6 is 0 Å². The Bertz CT molecular complexity index is 585. The zero-order valence-electron chi connectivity index (χ0n) is 10.5. The number of carbonyl (C=O) groups is 2. The molecule has 1 aromatic carbocycles. The number of hydrogen-bond acceptors (Lipinski definition) is 2. The maximum absolute atomic E-state index is 12.1. The van der Waals surface area contributed by atoms with Crippen molar-refractivity contribution in [1.82, 2.24) is 5.32 Å². The Balaban J connectivity index is 1.81. The number of amides is 1. The minimum Gasteiger partial charge on any atom is -0.480 e. The number of carboxylic acid groups (broad SMARTS) is 1. The van der Waals surface area contributed by atoms with Gasteiger partial charge in [-0.1, -0.05) is 18.2 Å². The lowest BCUT2D eigenvalue weighted by molar-refractivity contribution is -0.140. The van der Waals surface area contributed by atoms with Crippen LogP contribution in [0.5, 0.6) is 0 Å². The van der Waals surface area contributed by atoms with E-state index in [1.54, 1.807) is 6.07 Å². The lowest BCUT2D eigenvalue weighted by Gasteiger charge is -2.15. The molecule has 3 rings (SSSR count). The second kappa shape index (κ2) is 4.23. The smallest absolute Gasteiger partial charge is 0.329 e. The third kappa shape index (κ3) is 2.14. The third-order valence-electron chi connectivity index (χ3n) is 3.80. The standard InChI is InChI=1S/C15H15NO3/c17-13(16-15(7-8-15)14(18)19)12-6-5-10-3-1-2-4-11(10)9-12/h1,3,5-6,9H,2,4,7-8H2,(H,16,17)(H,18,19). The fourth-order valence-electron chi connectivity index (χ4n) is 2.38. The lowest BCUT2D eigenvalue weighted by Crippen LogP contribution is -2.43. The number of fused-ring (bicyclic) bond motifs is 1. The number of aryl methyl sites for hydroxylation is 1. The van der Waals surface area contributed by atoms with Crippen molar-refractivity contribution < 1.29 is 14.7 Å². The van der Waals surface area contributed by atoms with E-state index in [9.17, 15) is 9.59 Å². The molecule has 2 N–H and O–H groups in total. The van der Waals surface area contributed by atoms with Crippen LogP contribution in [0.1, 0.15) is 40.7 Å². The van der Waals surface area contributed by atoms with Crippen molar-refractivity contribution in [2.24, 2.45) is 0 Å². The van der Waals surface area contributed by atoms with Crippen molar-refractivity contribution in [3.63, 3.8) is 0 Å². The first-order valence-corrected chi connectivity index (χ1v) is 6.46. The van der Waals surface area contributed by atoms with E-state index in [1.165, 1.54) is 0 Å². The molecule has 4 heteroatoms. The highest BCUT2D eigenvalue weighted by molar-refractivity contribution is 5.99. The fourth-order valence-corrected chi connectivity index (χ4v) is 2.38. The molecule has 0 saturated heterocycles. The minimum absolute atomic E-state index is 0.294. The number of carbonyl (C=O) groups excluding carboxylic acids is 1. The van der Waals surface area contributed by atoms with E-state index < -0.39 is 11.5 Å². The van der Waals surface area contributed by atoms with Gasteiger partial charge < -0.3 is 10.4 Å². The summed E-state index contributed by atoms with van der Waals surface area (Å²) in [4.78, 5) is 23.2. The summed E-state index contributed by atoms with van der Waals surface area (Å²) in [7, 11) is 0. The summed E-state index contributed by atoms with van der Waals surface area (Å²) in [5.74, 6) is -1.24. The number of nitrogens with one attached hydrogen (secondary N) is 1. The Labute approximate surface area is 111 Å². The SMILES string of the molecule is O=C(NC1(C(=O)O)CC1)c1ccc2c(c1)CCC=C2. The molecule has 98 valence electrons. The molecule has 0 bridgehead atoms. The molecule has 19 heavy (non-hydrogen) atoms. The second-order valence-electron chi connectivity index (χ2n) is 5.20. The molecule has 0 heterocycles. The molecule has 0 aromatic heterocycles. The topological polar surface area (TPSA) is 66.4 Å². The van der Waals surface area contributed by atoms with Gasteiger partial charge >= 0.3 is 5.97 Å². The maximum Gasteiger partial charge on any atom is 0.329 e. The summed E-state index contributed by atoms with van der Waals surface area (Å²) in [5.41, 5.74) is 1.81. The van der Waals surface area contributed by atoms with Crippen LogP contribution in [0.2, 0.25) is 0 Å². The molecule has 1 aromatic rings. The van der Waals surface area contributed by atoms with Crippen LogP contribution in [-0.2, 0) is 11.2 Å². The molecule has 0 atom stereocenters. The number of rotatable bonds is 3. The van der Waals surface area contributed by atoms with Crippen molar-refractivity contribution in [1.29, 1.82) is 0 Å². The Morgan fingerprint density at radius 1 is 1.26 bits per heavy atom. The van der Waals surface area contributed by atoms with Gasteiger partial charge in [-0.05, 0) is 48.9 Å². The first-order valence-electron chi connectivity index (χ1n) is 6.46. The molecule has 4 nitrogen and oxygen atoms in total. The molecule has 0 unspecified atom stereocenters. The summed E-state index contributed by atoms with van der Waals surface area (Å²) < 4.78 is 0. The highest BCUT2D eigenvalue weighted by Gasteiger charge is 2.51. The van der Waals surface area contributed by atoms with Crippen LogP contribution in [0.25, 0.3) is 6.08 Å². The van der Waals surface area contributed by atoms with E-state index in [2.05, 4.69) is 17.5 Å². The predicted octanol–water partition coefficient (Wildman–Crippen LogP) is 1.99. The van der Waals surface area contributed by atoms with Gasteiger partial charge in [-0.25, -0.2) is 4.79 Å². The molecule has 0 aliphatic heterocycles.